The highest BCUT2D eigenvalue weighted by molar-refractivity contribution is 6.29. The van der Waals surface area contributed by atoms with Crippen LogP contribution in [-0.2, 0) is 6.42 Å². The smallest absolute Gasteiger partial charge is 0.198 e. The fraction of sp³-hybridized carbons (Fsp3) is 0.167. The van der Waals surface area contributed by atoms with Crippen LogP contribution in [0.1, 0.15) is 17.2 Å². The molecule has 0 saturated heterocycles. The second kappa shape index (κ2) is 4.85. The Morgan fingerprint density at radius 2 is 1.88 bits per heavy atom. The topological polar surface area (TPSA) is 33.4 Å². The van der Waals surface area contributed by atoms with Crippen LogP contribution in [0.5, 0.6) is 0 Å². The van der Waals surface area contributed by atoms with Crippen LogP contribution in [0.3, 0.4) is 0 Å². The van der Waals surface area contributed by atoms with Gasteiger partial charge in [-0.3, -0.25) is 0 Å². The SMILES string of the molecule is OC(Cc1cc(F)cc(F)c1)c1ccoc1Cl. The van der Waals surface area contributed by atoms with Crippen molar-refractivity contribution in [3.63, 3.8) is 0 Å². The number of rotatable bonds is 3. The number of halogens is 3. The molecule has 0 saturated carbocycles. The fourth-order valence-electron chi connectivity index (χ4n) is 1.60. The molecule has 0 spiro atoms. The molecule has 1 aromatic carbocycles. The summed E-state index contributed by atoms with van der Waals surface area (Å²) in [6.45, 7) is 0. The molecular weight excluding hydrogens is 250 g/mol. The zero-order chi connectivity index (χ0) is 12.4. The first-order valence-electron chi connectivity index (χ1n) is 4.92. The number of aliphatic hydroxyl groups excluding tert-OH is 1. The molecule has 0 aliphatic rings. The van der Waals surface area contributed by atoms with E-state index in [1.165, 1.54) is 24.5 Å². The van der Waals surface area contributed by atoms with E-state index in [1.54, 1.807) is 0 Å². The van der Waals surface area contributed by atoms with E-state index in [0.29, 0.717) is 11.1 Å². The largest absolute Gasteiger partial charge is 0.453 e. The van der Waals surface area contributed by atoms with Crippen LogP contribution in [-0.4, -0.2) is 5.11 Å². The molecule has 0 aliphatic carbocycles. The summed E-state index contributed by atoms with van der Waals surface area (Å²) in [5.74, 6) is -1.35. The van der Waals surface area contributed by atoms with Gasteiger partial charge in [-0.05, 0) is 35.4 Å². The van der Waals surface area contributed by atoms with Gasteiger partial charge in [-0.25, -0.2) is 8.78 Å². The highest BCUT2D eigenvalue weighted by atomic mass is 35.5. The Balaban J connectivity index is 2.18. The Morgan fingerprint density at radius 1 is 1.24 bits per heavy atom. The number of hydrogen-bond acceptors (Lipinski definition) is 2. The maximum atomic E-state index is 12.9. The van der Waals surface area contributed by atoms with Crippen molar-refractivity contribution in [2.75, 3.05) is 0 Å². The van der Waals surface area contributed by atoms with E-state index < -0.39 is 17.7 Å². The normalized spacial score (nSPS) is 12.7. The summed E-state index contributed by atoms with van der Waals surface area (Å²) in [7, 11) is 0. The Kier molecular flexibility index (Phi) is 3.45. The molecule has 1 aromatic heterocycles. The minimum Gasteiger partial charge on any atom is -0.453 e. The lowest BCUT2D eigenvalue weighted by atomic mass is 10.0. The predicted octanol–water partition coefficient (Wildman–Crippen LogP) is 3.49. The van der Waals surface area contributed by atoms with E-state index >= 15 is 0 Å². The van der Waals surface area contributed by atoms with Crippen molar-refractivity contribution in [3.05, 3.63) is 58.5 Å². The zero-order valence-electron chi connectivity index (χ0n) is 8.66. The third-order valence-electron chi connectivity index (χ3n) is 2.36. The molecule has 0 fully saturated rings. The van der Waals surface area contributed by atoms with Crippen molar-refractivity contribution in [2.24, 2.45) is 0 Å². The van der Waals surface area contributed by atoms with E-state index in [-0.39, 0.29) is 11.6 Å². The van der Waals surface area contributed by atoms with Crippen LogP contribution < -0.4 is 0 Å². The maximum absolute atomic E-state index is 12.9. The molecule has 1 unspecified atom stereocenters. The van der Waals surface area contributed by atoms with Gasteiger partial charge in [0, 0.05) is 18.1 Å². The molecule has 90 valence electrons. The average Bonchev–Trinajstić information content (AvgIpc) is 2.62. The van der Waals surface area contributed by atoms with Gasteiger partial charge in [-0.2, -0.15) is 0 Å². The van der Waals surface area contributed by atoms with Crippen molar-refractivity contribution >= 4 is 11.6 Å². The first-order chi connectivity index (χ1) is 8.06. The Labute approximate surface area is 101 Å². The van der Waals surface area contributed by atoms with Gasteiger partial charge in [0.2, 0.25) is 0 Å². The van der Waals surface area contributed by atoms with Gasteiger partial charge in [-0.1, -0.05) is 0 Å². The standard InChI is InChI=1S/C12H9ClF2O2/c13-12-10(1-2-17-12)11(16)5-7-3-8(14)6-9(15)4-7/h1-4,6,11,16H,5H2. The highest BCUT2D eigenvalue weighted by Crippen LogP contribution is 2.26. The summed E-state index contributed by atoms with van der Waals surface area (Å²) in [6, 6.07) is 4.63. The van der Waals surface area contributed by atoms with Gasteiger partial charge in [0.15, 0.2) is 5.22 Å². The number of furan rings is 1. The fourth-order valence-corrected chi connectivity index (χ4v) is 1.85. The van der Waals surface area contributed by atoms with Gasteiger partial charge >= 0.3 is 0 Å². The van der Waals surface area contributed by atoms with Crippen LogP contribution in [0.4, 0.5) is 8.78 Å². The molecule has 2 rings (SSSR count). The molecule has 0 radical (unpaired) electrons. The second-order valence-corrected chi connectivity index (χ2v) is 3.99. The van der Waals surface area contributed by atoms with Gasteiger partial charge in [-0.15, -0.1) is 0 Å². The molecule has 0 amide bonds. The van der Waals surface area contributed by atoms with Crippen molar-refractivity contribution in [1.29, 1.82) is 0 Å². The van der Waals surface area contributed by atoms with Crippen molar-refractivity contribution in [3.8, 4) is 0 Å². The third kappa shape index (κ3) is 2.84. The van der Waals surface area contributed by atoms with Crippen LogP contribution >= 0.6 is 11.6 Å². The van der Waals surface area contributed by atoms with Crippen molar-refractivity contribution in [2.45, 2.75) is 12.5 Å². The molecule has 17 heavy (non-hydrogen) atoms. The monoisotopic (exact) mass is 258 g/mol. The average molecular weight is 259 g/mol. The lowest BCUT2D eigenvalue weighted by Crippen LogP contribution is -2.02. The third-order valence-corrected chi connectivity index (χ3v) is 2.66. The summed E-state index contributed by atoms with van der Waals surface area (Å²) in [5.41, 5.74) is 0.753. The zero-order valence-corrected chi connectivity index (χ0v) is 9.42. The minimum absolute atomic E-state index is 0.0634. The number of hydrogen-bond donors (Lipinski definition) is 1. The summed E-state index contributed by atoms with van der Waals surface area (Å²) in [4.78, 5) is 0. The second-order valence-electron chi connectivity index (χ2n) is 3.65. The van der Waals surface area contributed by atoms with Gasteiger partial charge in [0.25, 0.3) is 0 Å². The lowest BCUT2D eigenvalue weighted by molar-refractivity contribution is 0.177. The first-order valence-corrected chi connectivity index (χ1v) is 5.30. The molecule has 0 aliphatic heterocycles. The maximum Gasteiger partial charge on any atom is 0.198 e. The summed E-state index contributed by atoms with van der Waals surface area (Å²) in [5, 5.41) is 9.91. The van der Waals surface area contributed by atoms with Gasteiger partial charge < -0.3 is 9.52 Å². The van der Waals surface area contributed by atoms with Crippen LogP contribution in [0.2, 0.25) is 5.22 Å². The molecule has 1 N–H and O–H groups in total. The highest BCUT2D eigenvalue weighted by Gasteiger charge is 2.15. The van der Waals surface area contributed by atoms with Crippen LogP contribution in [0.15, 0.2) is 34.9 Å². The predicted molar refractivity (Wildman–Crippen MR) is 58.7 cm³/mol. The van der Waals surface area contributed by atoms with E-state index in [2.05, 4.69) is 0 Å². The van der Waals surface area contributed by atoms with E-state index in [9.17, 15) is 13.9 Å². The lowest BCUT2D eigenvalue weighted by Gasteiger charge is -2.09. The van der Waals surface area contributed by atoms with E-state index in [4.69, 9.17) is 16.0 Å². The Bertz CT molecular complexity index is 505. The van der Waals surface area contributed by atoms with Crippen molar-refractivity contribution in [1.82, 2.24) is 0 Å². The molecule has 5 heteroatoms. The Hall–Kier alpha value is -1.39. The number of benzene rings is 1. The molecule has 2 nitrogen and oxygen atoms in total. The molecule has 0 bridgehead atoms. The van der Waals surface area contributed by atoms with Gasteiger partial charge in [0.1, 0.15) is 11.6 Å². The Morgan fingerprint density at radius 3 is 2.41 bits per heavy atom. The van der Waals surface area contributed by atoms with Gasteiger partial charge in [0.05, 0.1) is 12.4 Å². The molecule has 1 atom stereocenters. The van der Waals surface area contributed by atoms with Crippen molar-refractivity contribution < 1.29 is 18.3 Å². The molecule has 1 heterocycles. The van der Waals surface area contributed by atoms with E-state index in [1.807, 2.05) is 0 Å². The summed E-state index contributed by atoms with van der Waals surface area (Å²) in [6.07, 6.45) is 0.448. The number of aliphatic hydroxyl groups is 1. The summed E-state index contributed by atoms with van der Waals surface area (Å²) >= 11 is 5.69. The van der Waals surface area contributed by atoms with Crippen LogP contribution in [0.25, 0.3) is 0 Å². The quantitative estimate of drug-likeness (QED) is 0.914. The van der Waals surface area contributed by atoms with E-state index in [0.717, 1.165) is 6.07 Å². The molecule has 2 aromatic rings. The minimum atomic E-state index is -0.956. The molecular formula is C12H9ClF2O2. The van der Waals surface area contributed by atoms with Crippen LogP contribution in [0, 0.1) is 11.6 Å². The first kappa shape index (κ1) is 12.1. The summed E-state index contributed by atoms with van der Waals surface area (Å²) < 4.78 is 30.7.